The lowest BCUT2D eigenvalue weighted by atomic mass is 10.1. The van der Waals surface area contributed by atoms with Crippen molar-refractivity contribution in [3.8, 4) is 5.88 Å². The summed E-state index contributed by atoms with van der Waals surface area (Å²) in [6, 6.07) is 1.77. The number of amides is 2. The average molecular weight is 355 g/mol. The molecule has 2 N–H and O–H groups in total. The second-order valence-corrected chi connectivity index (χ2v) is 6.54. The SMILES string of the molecule is CCN1Cc2nc(OC)c(CNC(=O)c3n[nH]c4c3CCC4)cc2C1=O. The van der Waals surface area contributed by atoms with Crippen molar-refractivity contribution in [3.63, 3.8) is 0 Å². The van der Waals surface area contributed by atoms with Gasteiger partial charge in [0.05, 0.1) is 24.9 Å². The predicted molar refractivity (Wildman–Crippen MR) is 93.0 cm³/mol. The van der Waals surface area contributed by atoms with Crippen LogP contribution in [0, 0.1) is 0 Å². The Bertz CT molecular complexity index is 889. The number of pyridine rings is 1. The first-order valence-corrected chi connectivity index (χ1v) is 8.82. The molecule has 0 unspecified atom stereocenters. The maximum Gasteiger partial charge on any atom is 0.272 e. The van der Waals surface area contributed by atoms with Crippen LogP contribution in [0.4, 0.5) is 0 Å². The van der Waals surface area contributed by atoms with Gasteiger partial charge in [0, 0.05) is 29.9 Å². The molecule has 0 fully saturated rings. The van der Waals surface area contributed by atoms with Gasteiger partial charge in [-0.25, -0.2) is 4.98 Å². The van der Waals surface area contributed by atoms with Crippen molar-refractivity contribution in [2.45, 2.75) is 39.3 Å². The standard InChI is InChI=1S/C18H21N5O3/c1-3-23-9-14-12(18(23)25)7-10(17(20-14)26-2)8-19-16(24)15-11-5-4-6-13(11)21-22-15/h7H,3-6,8-9H2,1-2H3,(H,19,24)(H,21,22). The van der Waals surface area contributed by atoms with E-state index in [0.717, 1.165) is 30.5 Å². The number of hydrogen-bond donors (Lipinski definition) is 2. The smallest absolute Gasteiger partial charge is 0.272 e. The average Bonchev–Trinajstić information content (AvgIpc) is 3.33. The number of aromatic amines is 1. The molecule has 0 spiro atoms. The second-order valence-electron chi connectivity index (χ2n) is 6.54. The quantitative estimate of drug-likeness (QED) is 0.840. The Morgan fingerprint density at radius 2 is 2.27 bits per heavy atom. The van der Waals surface area contributed by atoms with E-state index in [-0.39, 0.29) is 18.4 Å². The van der Waals surface area contributed by atoms with Crippen molar-refractivity contribution in [3.05, 3.63) is 39.8 Å². The van der Waals surface area contributed by atoms with Gasteiger partial charge in [-0.1, -0.05) is 0 Å². The summed E-state index contributed by atoms with van der Waals surface area (Å²) >= 11 is 0. The Labute approximate surface area is 150 Å². The first-order valence-electron chi connectivity index (χ1n) is 8.82. The van der Waals surface area contributed by atoms with Crippen LogP contribution in [-0.2, 0) is 25.9 Å². The third kappa shape index (κ3) is 2.61. The molecule has 2 aliphatic rings. The number of hydrogen-bond acceptors (Lipinski definition) is 5. The Kier molecular flexibility index (Phi) is 4.10. The maximum atomic E-state index is 12.5. The number of carbonyl (C=O) groups excluding carboxylic acids is 2. The summed E-state index contributed by atoms with van der Waals surface area (Å²) in [5, 5.41) is 9.95. The number of nitrogens with one attached hydrogen (secondary N) is 2. The van der Waals surface area contributed by atoms with Crippen LogP contribution in [0.25, 0.3) is 0 Å². The van der Waals surface area contributed by atoms with E-state index < -0.39 is 0 Å². The molecule has 0 radical (unpaired) electrons. The van der Waals surface area contributed by atoms with Crippen molar-refractivity contribution in [2.75, 3.05) is 13.7 Å². The second kappa shape index (κ2) is 6.44. The Hall–Kier alpha value is -2.90. The number of rotatable bonds is 5. The van der Waals surface area contributed by atoms with E-state index in [1.165, 1.54) is 7.11 Å². The molecule has 2 amide bonds. The van der Waals surface area contributed by atoms with Crippen LogP contribution in [0.5, 0.6) is 5.88 Å². The van der Waals surface area contributed by atoms with Gasteiger partial charge in [-0.2, -0.15) is 5.10 Å². The first-order chi connectivity index (χ1) is 12.6. The number of carbonyl (C=O) groups is 2. The lowest BCUT2D eigenvalue weighted by molar-refractivity contribution is 0.0786. The molecule has 8 heteroatoms. The lowest BCUT2D eigenvalue weighted by Gasteiger charge is -2.10. The summed E-state index contributed by atoms with van der Waals surface area (Å²) in [6.45, 7) is 3.29. The molecule has 1 aliphatic carbocycles. The van der Waals surface area contributed by atoms with Gasteiger partial charge in [-0.05, 0) is 32.3 Å². The fourth-order valence-corrected chi connectivity index (χ4v) is 3.63. The summed E-state index contributed by atoms with van der Waals surface area (Å²) in [5.41, 5.74) is 4.50. The molecule has 0 saturated carbocycles. The zero-order chi connectivity index (χ0) is 18.3. The zero-order valence-corrected chi connectivity index (χ0v) is 14.9. The van der Waals surface area contributed by atoms with Gasteiger partial charge in [0.15, 0.2) is 5.69 Å². The van der Waals surface area contributed by atoms with Crippen LogP contribution < -0.4 is 10.1 Å². The van der Waals surface area contributed by atoms with Crippen molar-refractivity contribution < 1.29 is 14.3 Å². The minimum Gasteiger partial charge on any atom is -0.481 e. The predicted octanol–water partition coefficient (Wildman–Crippen LogP) is 1.21. The van der Waals surface area contributed by atoms with E-state index in [1.54, 1.807) is 11.0 Å². The summed E-state index contributed by atoms with van der Waals surface area (Å²) in [4.78, 5) is 31.1. The number of nitrogens with zero attached hydrogens (tertiary/aromatic N) is 3. The number of H-pyrrole nitrogens is 1. The Balaban J connectivity index is 1.54. The molecule has 136 valence electrons. The molecule has 26 heavy (non-hydrogen) atoms. The van der Waals surface area contributed by atoms with Crippen molar-refractivity contribution in [1.29, 1.82) is 0 Å². The molecule has 0 atom stereocenters. The van der Waals surface area contributed by atoms with E-state index in [2.05, 4.69) is 20.5 Å². The van der Waals surface area contributed by atoms with Gasteiger partial charge in [-0.3, -0.25) is 14.7 Å². The molecular weight excluding hydrogens is 334 g/mol. The van der Waals surface area contributed by atoms with E-state index in [9.17, 15) is 9.59 Å². The number of ether oxygens (including phenoxy) is 1. The Morgan fingerprint density at radius 3 is 3.04 bits per heavy atom. The van der Waals surface area contributed by atoms with Gasteiger partial charge < -0.3 is 15.0 Å². The van der Waals surface area contributed by atoms with Crippen LogP contribution in [0.15, 0.2) is 6.07 Å². The zero-order valence-electron chi connectivity index (χ0n) is 14.9. The highest BCUT2D eigenvalue weighted by molar-refractivity contribution is 5.98. The lowest BCUT2D eigenvalue weighted by Crippen LogP contribution is -2.25. The molecule has 0 bridgehead atoms. The normalized spacial score (nSPS) is 15.2. The summed E-state index contributed by atoms with van der Waals surface area (Å²) in [5.74, 6) is 0.172. The molecule has 0 aromatic carbocycles. The fourth-order valence-electron chi connectivity index (χ4n) is 3.63. The minimum atomic E-state index is -0.228. The van der Waals surface area contributed by atoms with Gasteiger partial charge >= 0.3 is 0 Å². The molecule has 2 aromatic heterocycles. The molecule has 0 saturated heterocycles. The van der Waals surface area contributed by atoms with Gasteiger partial charge in [0.1, 0.15) is 0 Å². The molecule has 1 aliphatic heterocycles. The highest BCUT2D eigenvalue weighted by Gasteiger charge is 2.29. The fraction of sp³-hybridized carbons (Fsp3) is 0.444. The number of aryl methyl sites for hydroxylation is 1. The van der Waals surface area contributed by atoms with Gasteiger partial charge in [0.2, 0.25) is 5.88 Å². The van der Waals surface area contributed by atoms with Crippen LogP contribution in [-0.4, -0.2) is 45.6 Å². The third-order valence-electron chi connectivity index (χ3n) is 5.03. The monoisotopic (exact) mass is 355 g/mol. The highest BCUT2D eigenvalue weighted by Crippen LogP contribution is 2.27. The van der Waals surface area contributed by atoms with Crippen molar-refractivity contribution >= 4 is 11.8 Å². The molecule has 3 heterocycles. The van der Waals surface area contributed by atoms with Crippen LogP contribution in [0.2, 0.25) is 0 Å². The van der Waals surface area contributed by atoms with E-state index in [1.807, 2.05) is 6.92 Å². The summed E-state index contributed by atoms with van der Waals surface area (Å²) < 4.78 is 5.36. The van der Waals surface area contributed by atoms with Crippen molar-refractivity contribution in [1.82, 2.24) is 25.4 Å². The summed E-state index contributed by atoms with van der Waals surface area (Å²) in [7, 11) is 1.54. The molecule has 2 aromatic rings. The molecular formula is C18H21N5O3. The van der Waals surface area contributed by atoms with Gasteiger partial charge in [0.25, 0.3) is 11.8 Å². The van der Waals surface area contributed by atoms with Crippen LogP contribution >= 0.6 is 0 Å². The van der Waals surface area contributed by atoms with Crippen molar-refractivity contribution in [2.24, 2.45) is 0 Å². The van der Waals surface area contributed by atoms with Gasteiger partial charge in [-0.15, -0.1) is 0 Å². The minimum absolute atomic E-state index is 0.0321. The number of methoxy groups -OCH3 is 1. The summed E-state index contributed by atoms with van der Waals surface area (Å²) in [6.07, 6.45) is 2.86. The maximum absolute atomic E-state index is 12.5. The number of aromatic nitrogens is 3. The molecule has 8 nitrogen and oxygen atoms in total. The largest absolute Gasteiger partial charge is 0.481 e. The van der Waals surface area contributed by atoms with E-state index in [4.69, 9.17) is 4.74 Å². The van der Waals surface area contributed by atoms with E-state index in [0.29, 0.717) is 41.5 Å². The highest BCUT2D eigenvalue weighted by atomic mass is 16.5. The van der Waals surface area contributed by atoms with Crippen LogP contribution in [0.1, 0.15) is 56.7 Å². The topological polar surface area (TPSA) is 100 Å². The number of fused-ring (bicyclic) bond motifs is 2. The Morgan fingerprint density at radius 1 is 1.42 bits per heavy atom. The first kappa shape index (κ1) is 16.6. The molecule has 4 rings (SSSR count). The van der Waals surface area contributed by atoms with E-state index >= 15 is 0 Å². The van der Waals surface area contributed by atoms with Crippen LogP contribution in [0.3, 0.4) is 0 Å². The third-order valence-corrected chi connectivity index (χ3v) is 5.03.